The van der Waals surface area contributed by atoms with Crippen LogP contribution in [0.15, 0.2) is 35.3 Å². The predicted octanol–water partition coefficient (Wildman–Crippen LogP) is 3.99. The zero-order valence-corrected chi connectivity index (χ0v) is 16.8. The number of anilines is 1. The number of pyridine rings is 1. The van der Waals surface area contributed by atoms with Crippen molar-refractivity contribution in [1.82, 2.24) is 14.5 Å². The molecule has 10 heteroatoms. The molecule has 2 aromatic heterocycles. The molecule has 2 N–H and O–H groups in total. The van der Waals surface area contributed by atoms with Gasteiger partial charge in [-0.2, -0.15) is 13.2 Å². The molecule has 1 aromatic carbocycles. The normalized spacial score (nSPS) is 11.0. The van der Waals surface area contributed by atoms with Crippen LogP contribution in [0.25, 0.3) is 10.9 Å². The van der Waals surface area contributed by atoms with Gasteiger partial charge in [0.1, 0.15) is 11.6 Å². The Kier molecular flexibility index (Phi) is 6.81. The largest absolute Gasteiger partial charge is 0.478 e. The minimum atomic E-state index is -4.64. The van der Waals surface area contributed by atoms with E-state index in [9.17, 15) is 22.8 Å². The Morgan fingerprint density at radius 3 is 2.43 bits per heavy atom. The van der Waals surface area contributed by atoms with Crippen molar-refractivity contribution >= 4 is 22.7 Å². The number of benzene rings is 1. The lowest BCUT2D eigenvalue weighted by Gasteiger charge is -2.16. The Bertz CT molecular complexity index is 1120. The maximum absolute atomic E-state index is 13.5. The van der Waals surface area contributed by atoms with E-state index in [4.69, 9.17) is 5.11 Å². The zero-order chi connectivity index (χ0) is 22.6. The number of alkyl halides is 3. The van der Waals surface area contributed by atoms with Gasteiger partial charge in [-0.3, -0.25) is 9.36 Å². The van der Waals surface area contributed by atoms with E-state index in [0.717, 1.165) is 12.3 Å². The maximum atomic E-state index is 13.5. The molecule has 0 saturated carbocycles. The summed E-state index contributed by atoms with van der Waals surface area (Å²) < 4.78 is 41.8. The highest BCUT2D eigenvalue weighted by atomic mass is 19.4. The van der Waals surface area contributed by atoms with E-state index in [-0.39, 0.29) is 34.4 Å². The van der Waals surface area contributed by atoms with Crippen LogP contribution in [0.2, 0.25) is 0 Å². The number of aromatic carboxylic acids is 1. The van der Waals surface area contributed by atoms with Crippen LogP contribution < -0.4 is 10.9 Å². The highest BCUT2D eigenvalue weighted by molar-refractivity contribution is 5.87. The van der Waals surface area contributed by atoms with Crippen molar-refractivity contribution in [1.29, 1.82) is 0 Å². The predicted molar refractivity (Wildman–Crippen MR) is 107 cm³/mol. The topological polar surface area (TPSA) is 97.1 Å². The number of nitrogens with zero attached hydrogens (tertiary/aromatic N) is 3. The van der Waals surface area contributed by atoms with Gasteiger partial charge in [-0.15, -0.1) is 0 Å². The van der Waals surface area contributed by atoms with Crippen LogP contribution in [0, 0.1) is 6.92 Å². The molecule has 160 valence electrons. The average molecular weight is 422 g/mol. The van der Waals surface area contributed by atoms with Crippen LogP contribution in [0.5, 0.6) is 0 Å². The number of nitrogens with one attached hydrogen (secondary N) is 1. The van der Waals surface area contributed by atoms with Crippen molar-refractivity contribution in [3.63, 3.8) is 0 Å². The minimum Gasteiger partial charge on any atom is -0.478 e. The van der Waals surface area contributed by atoms with Crippen molar-refractivity contribution in [2.45, 2.75) is 33.5 Å². The first-order valence-corrected chi connectivity index (χ1v) is 9.08. The lowest BCUT2D eigenvalue weighted by molar-refractivity contribution is -0.138. The van der Waals surface area contributed by atoms with Crippen LogP contribution in [-0.2, 0) is 19.8 Å². The van der Waals surface area contributed by atoms with Gasteiger partial charge in [0.2, 0.25) is 0 Å². The first-order chi connectivity index (χ1) is 14.1. The summed E-state index contributed by atoms with van der Waals surface area (Å²) in [6.07, 6.45) is -3.54. The Morgan fingerprint density at radius 2 is 1.90 bits per heavy atom. The molecular formula is C20H21F3N4O3. The molecule has 30 heavy (non-hydrogen) atoms. The van der Waals surface area contributed by atoms with Gasteiger partial charge in [0.25, 0.3) is 5.56 Å². The van der Waals surface area contributed by atoms with Crippen molar-refractivity contribution < 1.29 is 23.1 Å². The molecule has 0 aliphatic carbocycles. The van der Waals surface area contributed by atoms with Gasteiger partial charge in [0.05, 0.1) is 22.0 Å². The minimum absolute atomic E-state index is 0.0272. The molecule has 0 spiro atoms. The van der Waals surface area contributed by atoms with Crippen molar-refractivity contribution in [3.8, 4) is 0 Å². The highest BCUT2D eigenvalue weighted by Gasteiger charge is 2.34. The number of hydrogen-bond donors (Lipinski definition) is 2. The number of carboxylic acid groups (broad SMARTS) is 1. The SMILES string of the molecule is CC.Cc1nc2cc(C(F)(F)F)c(CNc3ccc(C(=O)O)cn3)cc2c(=O)n1C. The number of fused-ring (bicyclic) bond motifs is 1. The highest BCUT2D eigenvalue weighted by Crippen LogP contribution is 2.34. The average Bonchev–Trinajstić information content (AvgIpc) is 2.71. The number of halogens is 3. The number of aryl methyl sites for hydroxylation is 1. The molecule has 0 unspecified atom stereocenters. The summed E-state index contributed by atoms with van der Waals surface area (Å²) in [6, 6.07) is 4.67. The maximum Gasteiger partial charge on any atom is 0.416 e. The number of aromatic nitrogens is 3. The van der Waals surface area contributed by atoms with Gasteiger partial charge >= 0.3 is 12.1 Å². The number of rotatable bonds is 4. The Hall–Kier alpha value is -3.43. The molecular weight excluding hydrogens is 401 g/mol. The van der Waals surface area contributed by atoms with E-state index >= 15 is 0 Å². The summed E-state index contributed by atoms with van der Waals surface area (Å²) in [6.45, 7) is 5.28. The molecule has 0 aliphatic rings. The Labute approximate surface area is 170 Å². The molecule has 0 bridgehead atoms. The van der Waals surface area contributed by atoms with Crippen LogP contribution in [0.4, 0.5) is 19.0 Å². The number of hydrogen-bond acceptors (Lipinski definition) is 5. The first kappa shape index (κ1) is 22.9. The molecule has 0 saturated heterocycles. The second-order valence-corrected chi connectivity index (χ2v) is 6.14. The second kappa shape index (κ2) is 8.93. The van der Waals surface area contributed by atoms with Crippen LogP contribution in [0.1, 0.15) is 41.2 Å². The molecule has 7 nitrogen and oxygen atoms in total. The number of carbonyl (C=O) groups is 1. The van der Waals surface area contributed by atoms with E-state index in [1.165, 1.54) is 36.7 Å². The fourth-order valence-corrected chi connectivity index (χ4v) is 2.69. The number of carboxylic acids is 1. The van der Waals surface area contributed by atoms with Crippen LogP contribution in [-0.4, -0.2) is 25.6 Å². The lowest BCUT2D eigenvalue weighted by Crippen LogP contribution is -2.22. The molecule has 0 fully saturated rings. The zero-order valence-electron chi connectivity index (χ0n) is 16.8. The van der Waals surface area contributed by atoms with E-state index in [0.29, 0.717) is 5.82 Å². The molecule has 3 rings (SSSR count). The van der Waals surface area contributed by atoms with Crippen molar-refractivity contribution in [2.75, 3.05) is 5.32 Å². The second-order valence-electron chi connectivity index (χ2n) is 6.14. The van der Waals surface area contributed by atoms with E-state index in [2.05, 4.69) is 15.3 Å². The summed E-state index contributed by atoms with van der Waals surface area (Å²) >= 11 is 0. The van der Waals surface area contributed by atoms with Crippen LogP contribution >= 0.6 is 0 Å². The Balaban J connectivity index is 0.00000155. The van der Waals surface area contributed by atoms with Gasteiger partial charge < -0.3 is 10.4 Å². The lowest BCUT2D eigenvalue weighted by atomic mass is 10.0. The van der Waals surface area contributed by atoms with Crippen molar-refractivity contribution in [2.24, 2.45) is 7.05 Å². The van der Waals surface area contributed by atoms with E-state index in [1.54, 1.807) is 0 Å². The summed E-state index contributed by atoms with van der Waals surface area (Å²) in [4.78, 5) is 31.2. The van der Waals surface area contributed by atoms with Gasteiger partial charge in [-0.1, -0.05) is 13.8 Å². The van der Waals surface area contributed by atoms with Crippen molar-refractivity contribution in [3.05, 3.63) is 63.3 Å². The summed E-state index contributed by atoms with van der Waals surface area (Å²) in [5, 5.41) is 11.6. The van der Waals surface area contributed by atoms with E-state index < -0.39 is 23.3 Å². The smallest absolute Gasteiger partial charge is 0.416 e. The molecule has 2 heterocycles. The molecule has 3 aromatic rings. The quantitative estimate of drug-likeness (QED) is 0.660. The summed E-state index contributed by atoms with van der Waals surface area (Å²) in [5.74, 6) is -0.654. The summed E-state index contributed by atoms with van der Waals surface area (Å²) in [7, 11) is 1.49. The molecule has 0 aliphatic heterocycles. The van der Waals surface area contributed by atoms with Gasteiger partial charge in [-0.25, -0.2) is 14.8 Å². The Morgan fingerprint density at radius 1 is 1.23 bits per heavy atom. The third kappa shape index (κ3) is 4.76. The molecule has 0 radical (unpaired) electrons. The fraction of sp³-hybridized carbons (Fsp3) is 0.300. The first-order valence-electron chi connectivity index (χ1n) is 9.08. The summed E-state index contributed by atoms with van der Waals surface area (Å²) in [5.41, 5.74) is -1.57. The standard InChI is InChI=1S/C18H15F3N4O3.C2H6/c1-9-24-14-6-13(18(19,20)21)11(5-12(14)16(26)25(9)2)8-23-15-4-3-10(7-22-15)17(27)28;1-2/h3-7H,8H2,1-2H3,(H,22,23)(H,27,28);1-2H3. The van der Waals surface area contributed by atoms with Gasteiger partial charge in [0.15, 0.2) is 0 Å². The van der Waals surface area contributed by atoms with Crippen LogP contribution in [0.3, 0.4) is 0 Å². The van der Waals surface area contributed by atoms with Gasteiger partial charge in [0, 0.05) is 19.8 Å². The third-order valence-corrected chi connectivity index (χ3v) is 4.30. The van der Waals surface area contributed by atoms with Gasteiger partial charge in [-0.05, 0) is 36.8 Å². The molecule has 0 amide bonds. The van der Waals surface area contributed by atoms with E-state index in [1.807, 2.05) is 13.8 Å². The monoisotopic (exact) mass is 422 g/mol. The molecule has 0 atom stereocenters. The fourth-order valence-electron chi connectivity index (χ4n) is 2.69. The third-order valence-electron chi connectivity index (χ3n) is 4.30.